The van der Waals surface area contributed by atoms with Crippen molar-refractivity contribution in [2.45, 2.75) is 25.3 Å². The van der Waals surface area contributed by atoms with Gasteiger partial charge in [0.05, 0.1) is 16.8 Å². The molecule has 1 N–H and O–H groups in total. The van der Waals surface area contributed by atoms with Crippen LogP contribution >= 0.6 is 11.5 Å². The van der Waals surface area contributed by atoms with Crippen LogP contribution < -0.4 is 5.32 Å². The van der Waals surface area contributed by atoms with E-state index in [0.29, 0.717) is 18.4 Å². The summed E-state index contributed by atoms with van der Waals surface area (Å²) in [5.41, 5.74) is 3.29. The number of hydrogen-bond donors (Lipinski definition) is 1. The van der Waals surface area contributed by atoms with Crippen molar-refractivity contribution in [3.63, 3.8) is 0 Å². The first-order chi connectivity index (χ1) is 13.3. The Bertz CT molecular complexity index is 960. The fraction of sp³-hybridized carbons (Fsp3) is 0.364. The molecule has 1 amide bonds. The van der Waals surface area contributed by atoms with Crippen molar-refractivity contribution in [3.8, 4) is 11.1 Å². The van der Waals surface area contributed by atoms with Crippen LogP contribution in [0.3, 0.4) is 0 Å². The van der Waals surface area contributed by atoms with E-state index in [1.165, 1.54) is 48.6 Å². The van der Waals surface area contributed by atoms with Crippen molar-refractivity contribution in [1.82, 2.24) is 14.6 Å². The second kappa shape index (κ2) is 7.06. The van der Waals surface area contributed by atoms with E-state index in [4.69, 9.17) is 0 Å². The quantitative estimate of drug-likeness (QED) is 0.754. The number of piperidine rings is 3. The highest BCUT2D eigenvalue weighted by atomic mass is 32.1. The van der Waals surface area contributed by atoms with Crippen LogP contribution in [0.5, 0.6) is 0 Å². The van der Waals surface area contributed by atoms with Crippen LogP contribution in [0, 0.1) is 5.92 Å². The number of benzene rings is 2. The molecular formula is C22H23N3OS. The Morgan fingerprint density at radius 2 is 1.93 bits per heavy atom. The van der Waals surface area contributed by atoms with Crippen LogP contribution in [0.4, 0.5) is 0 Å². The average Bonchev–Trinajstić information content (AvgIpc) is 3.11. The van der Waals surface area contributed by atoms with Gasteiger partial charge in [-0.1, -0.05) is 42.5 Å². The summed E-state index contributed by atoms with van der Waals surface area (Å²) in [7, 11) is 0. The second-order valence-electron chi connectivity index (χ2n) is 7.70. The lowest BCUT2D eigenvalue weighted by atomic mass is 9.84. The Morgan fingerprint density at radius 1 is 1.11 bits per heavy atom. The lowest BCUT2D eigenvalue weighted by Crippen LogP contribution is -2.57. The Hall–Kier alpha value is -2.24. The van der Waals surface area contributed by atoms with Crippen molar-refractivity contribution in [2.75, 3.05) is 19.6 Å². The van der Waals surface area contributed by atoms with E-state index in [9.17, 15) is 4.79 Å². The molecule has 3 saturated heterocycles. The topological polar surface area (TPSA) is 45.2 Å². The first-order valence-corrected chi connectivity index (χ1v) is 10.5. The minimum Gasteiger partial charge on any atom is -0.351 e. The van der Waals surface area contributed by atoms with Gasteiger partial charge in [0.15, 0.2) is 0 Å². The van der Waals surface area contributed by atoms with E-state index in [1.54, 1.807) is 0 Å². The second-order valence-corrected chi connectivity index (χ2v) is 8.50. The Labute approximate surface area is 163 Å². The third kappa shape index (κ3) is 3.37. The summed E-state index contributed by atoms with van der Waals surface area (Å²) in [6, 6.07) is 17.1. The number of aromatic nitrogens is 1. The minimum absolute atomic E-state index is 0.105. The summed E-state index contributed by atoms with van der Waals surface area (Å²) in [5, 5.41) is 4.38. The molecule has 3 aliphatic rings. The third-order valence-corrected chi connectivity index (χ3v) is 6.83. The van der Waals surface area contributed by atoms with Gasteiger partial charge in [0.25, 0.3) is 0 Å². The Balaban J connectivity index is 1.31. The fourth-order valence-electron chi connectivity index (χ4n) is 4.47. The lowest BCUT2D eigenvalue weighted by molar-refractivity contribution is -0.122. The molecular weight excluding hydrogens is 354 g/mol. The maximum atomic E-state index is 12.6. The predicted octanol–water partition coefficient (Wildman–Crippen LogP) is 3.72. The van der Waals surface area contributed by atoms with Gasteiger partial charge in [0.2, 0.25) is 5.91 Å². The SMILES string of the molecule is O=C(Cc1nsc2cc(-c3ccccc3)ccc12)NC1CN2CCC1CC2. The van der Waals surface area contributed by atoms with Crippen LogP contribution in [-0.2, 0) is 11.2 Å². The first-order valence-electron chi connectivity index (χ1n) is 9.72. The molecule has 2 bridgehead atoms. The summed E-state index contributed by atoms with van der Waals surface area (Å²) in [6.45, 7) is 3.39. The molecule has 3 aromatic rings. The zero-order valence-corrected chi connectivity index (χ0v) is 16.0. The molecule has 4 heterocycles. The first kappa shape index (κ1) is 16.9. The third-order valence-electron chi connectivity index (χ3n) is 5.98. The van der Waals surface area contributed by atoms with Gasteiger partial charge in [-0.05, 0) is 60.6 Å². The smallest absolute Gasteiger partial charge is 0.226 e. The summed E-state index contributed by atoms with van der Waals surface area (Å²) in [5.74, 6) is 0.757. The van der Waals surface area contributed by atoms with Gasteiger partial charge in [0.1, 0.15) is 0 Å². The van der Waals surface area contributed by atoms with Crippen molar-refractivity contribution in [1.29, 1.82) is 0 Å². The number of amides is 1. The van der Waals surface area contributed by atoms with Gasteiger partial charge in [-0.25, -0.2) is 0 Å². The lowest BCUT2D eigenvalue weighted by Gasteiger charge is -2.44. The highest BCUT2D eigenvalue weighted by molar-refractivity contribution is 7.13. The predicted molar refractivity (Wildman–Crippen MR) is 110 cm³/mol. The van der Waals surface area contributed by atoms with E-state index in [2.05, 4.69) is 57.1 Å². The highest BCUT2D eigenvalue weighted by Gasteiger charge is 2.34. The van der Waals surface area contributed by atoms with E-state index in [-0.39, 0.29) is 5.91 Å². The van der Waals surface area contributed by atoms with E-state index >= 15 is 0 Å². The van der Waals surface area contributed by atoms with Crippen molar-refractivity contribution < 1.29 is 4.79 Å². The van der Waals surface area contributed by atoms with E-state index in [1.807, 2.05) is 6.07 Å². The molecule has 1 unspecified atom stereocenters. The van der Waals surface area contributed by atoms with Gasteiger partial charge >= 0.3 is 0 Å². The Kier molecular flexibility index (Phi) is 4.42. The molecule has 27 heavy (non-hydrogen) atoms. The number of nitrogens with zero attached hydrogens (tertiary/aromatic N) is 2. The van der Waals surface area contributed by atoms with Crippen LogP contribution in [0.25, 0.3) is 21.2 Å². The van der Waals surface area contributed by atoms with Crippen molar-refractivity contribution >= 4 is 27.5 Å². The maximum Gasteiger partial charge on any atom is 0.226 e. The number of nitrogens with one attached hydrogen (secondary N) is 1. The number of carbonyl (C=O) groups excluding carboxylic acids is 1. The van der Waals surface area contributed by atoms with Crippen molar-refractivity contribution in [2.24, 2.45) is 5.92 Å². The molecule has 3 fully saturated rings. The molecule has 4 nitrogen and oxygen atoms in total. The van der Waals surface area contributed by atoms with Gasteiger partial charge < -0.3 is 10.2 Å². The van der Waals surface area contributed by atoms with Crippen molar-refractivity contribution in [3.05, 3.63) is 54.2 Å². The summed E-state index contributed by atoms with van der Waals surface area (Å²) in [4.78, 5) is 15.1. The molecule has 3 aliphatic heterocycles. The number of carbonyl (C=O) groups is 1. The molecule has 0 saturated carbocycles. The fourth-order valence-corrected chi connectivity index (χ4v) is 5.30. The van der Waals surface area contributed by atoms with Gasteiger partial charge in [-0.15, -0.1) is 0 Å². The molecule has 5 heteroatoms. The van der Waals surface area contributed by atoms with E-state index < -0.39 is 0 Å². The number of hydrogen-bond acceptors (Lipinski definition) is 4. The molecule has 0 aliphatic carbocycles. The van der Waals surface area contributed by atoms with Gasteiger partial charge in [0, 0.05) is 18.0 Å². The minimum atomic E-state index is 0.105. The summed E-state index contributed by atoms with van der Waals surface area (Å²) < 4.78 is 5.72. The monoisotopic (exact) mass is 377 g/mol. The Morgan fingerprint density at radius 3 is 2.67 bits per heavy atom. The van der Waals surface area contributed by atoms with Crippen LogP contribution in [-0.4, -0.2) is 40.9 Å². The van der Waals surface area contributed by atoms with Gasteiger partial charge in [-0.2, -0.15) is 4.37 Å². The van der Waals surface area contributed by atoms with Crippen LogP contribution in [0.1, 0.15) is 18.5 Å². The molecule has 1 aromatic heterocycles. The molecule has 138 valence electrons. The zero-order chi connectivity index (χ0) is 18.2. The average molecular weight is 378 g/mol. The largest absolute Gasteiger partial charge is 0.351 e. The van der Waals surface area contributed by atoms with Gasteiger partial charge in [-0.3, -0.25) is 4.79 Å². The zero-order valence-electron chi connectivity index (χ0n) is 15.2. The summed E-state index contributed by atoms with van der Waals surface area (Å²) in [6.07, 6.45) is 2.80. The van der Waals surface area contributed by atoms with Crippen LogP contribution in [0.15, 0.2) is 48.5 Å². The molecule has 2 aromatic carbocycles. The summed E-state index contributed by atoms with van der Waals surface area (Å²) >= 11 is 1.48. The standard InChI is InChI=1S/C22H23N3OS/c26-22(23-20-14-25-10-8-16(20)9-11-25)13-19-18-7-6-17(12-21(18)27-24-19)15-4-2-1-3-5-15/h1-7,12,16,20H,8-11,13-14H2,(H,23,26). The highest BCUT2D eigenvalue weighted by Crippen LogP contribution is 2.30. The molecule has 0 spiro atoms. The number of rotatable bonds is 4. The van der Waals surface area contributed by atoms with Crippen LogP contribution in [0.2, 0.25) is 0 Å². The van der Waals surface area contributed by atoms with E-state index in [0.717, 1.165) is 22.3 Å². The molecule has 0 radical (unpaired) electrons. The molecule has 1 atom stereocenters. The normalized spacial score (nSPS) is 24.2. The number of fused-ring (bicyclic) bond motifs is 4. The maximum absolute atomic E-state index is 12.6. The molecule has 6 rings (SSSR count).